The molecule has 1 aliphatic heterocycles. The van der Waals surface area contributed by atoms with Crippen LogP contribution in [0.25, 0.3) is 10.9 Å². The van der Waals surface area contributed by atoms with Gasteiger partial charge in [-0.25, -0.2) is 9.97 Å². The van der Waals surface area contributed by atoms with Gasteiger partial charge in [-0.2, -0.15) is 0 Å². The van der Waals surface area contributed by atoms with Crippen LogP contribution < -0.4 is 10.5 Å². The normalized spacial score (nSPS) is 18.9. The fraction of sp³-hybridized carbons (Fsp3) is 0.385. The van der Waals surface area contributed by atoms with Crippen LogP contribution in [0.15, 0.2) is 16.6 Å². The minimum atomic E-state index is 0.0778. The molecular formula is C13H14BrN3O2. The van der Waals surface area contributed by atoms with Crippen LogP contribution in [-0.4, -0.2) is 29.3 Å². The lowest BCUT2D eigenvalue weighted by molar-refractivity contribution is 0.142. The molecule has 1 aromatic carbocycles. The van der Waals surface area contributed by atoms with E-state index in [2.05, 4.69) is 25.9 Å². The van der Waals surface area contributed by atoms with Gasteiger partial charge in [0.05, 0.1) is 18.9 Å². The third-order valence-electron chi connectivity index (χ3n) is 3.12. The summed E-state index contributed by atoms with van der Waals surface area (Å²) in [5, 5.41) is 0.942. The maximum atomic E-state index is 5.98. The van der Waals surface area contributed by atoms with Crippen molar-refractivity contribution in [2.24, 2.45) is 0 Å². The van der Waals surface area contributed by atoms with Crippen molar-refractivity contribution in [3.63, 3.8) is 0 Å². The Morgan fingerprint density at radius 2 is 2.26 bits per heavy atom. The highest BCUT2D eigenvalue weighted by Crippen LogP contribution is 2.32. The Hall–Kier alpha value is -1.40. The van der Waals surface area contributed by atoms with Crippen LogP contribution >= 0.6 is 15.9 Å². The average Bonchev–Trinajstić information content (AvgIpc) is 2.83. The summed E-state index contributed by atoms with van der Waals surface area (Å²) >= 11 is 3.49. The zero-order valence-corrected chi connectivity index (χ0v) is 12.1. The van der Waals surface area contributed by atoms with Gasteiger partial charge in [-0.15, -0.1) is 0 Å². The molecular weight excluding hydrogens is 310 g/mol. The third kappa shape index (κ3) is 2.50. The highest BCUT2D eigenvalue weighted by atomic mass is 79.9. The highest BCUT2D eigenvalue weighted by Gasteiger charge is 2.19. The molecule has 0 spiro atoms. The lowest BCUT2D eigenvalue weighted by atomic mass is 10.2. The van der Waals surface area contributed by atoms with Gasteiger partial charge in [0, 0.05) is 16.3 Å². The Morgan fingerprint density at radius 1 is 1.42 bits per heavy atom. The van der Waals surface area contributed by atoms with Crippen LogP contribution in [-0.2, 0) is 4.74 Å². The minimum absolute atomic E-state index is 0.0778. The smallest absolute Gasteiger partial charge is 0.220 e. The number of nitrogen functional groups attached to an aromatic ring is 1. The first-order valence-corrected chi connectivity index (χ1v) is 6.90. The van der Waals surface area contributed by atoms with Crippen LogP contribution in [0.1, 0.15) is 12.1 Å². The number of halogens is 1. The van der Waals surface area contributed by atoms with Gasteiger partial charge in [-0.1, -0.05) is 15.9 Å². The third-order valence-corrected chi connectivity index (χ3v) is 3.58. The Bertz CT molecular complexity index is 627. The highest BCUT2D eigenvalue weighted by molar-refractivity contribution is 9.10. The molecule has 1 saturated heterocycles. The summed E-state index contributed by atoms with van der Waals surface area (Å²) in [5.74, 6) is 0.983. The van der Waals surface area contributed by atoms with Gasteiger partial charge in [0.1, 0.15) is 17.4 Å². The van der Waals surface area contributed by atoms with Crippen molar-refractivity contribution in [2.45, 2.75) is 19.4 Å². The molecule has 1 fully saturated rings. The Kier molecular flexibility index (Phi) is 3.28. The van der Waals surface area contributed by atoms with Crippen molar-refractivity contribution in [1.82, 2.24) is 9.97 Å². The fourth-order valence-corrected chi connectivity index (χ4v) is 2.65. The van der Waals surface area contributed by atoms with Crippen molar-refractivity contribution >= 4 is 32.8 Å². The minimum Gasteiger partial charge on any atom is -0.486 e. The predicted octanol–water partition coefficient (Wildman–Crippen LogP) is 2.45. The number of hydrogen-bond acceptors (Lipinski definition) is 5. The van der Waals surface area contributed by atoms with E-state index in [1.165, 1.54) is 0 Å². The first kappa shape index (κ1) is 12.6. The summed E-state index contributed by atoms with van der Waals surface area (Å²) in [4.78, 5) is 8.48. The predicted molar refractivity (Wildman–Crippen MR) is 76.2 cm³/mol. The van der Waals surface area contributed by atoms with Crippen molar-refractivity contribution in [3.05, 3.63) is 22.3 Å². The molecule has 0 aliphatic carbocycles. The SMILES string of the molecule is Cc1nc(N)nc2c(OC3CCOC3)cc(Br)cc12. The average molecular weight is 324 g/mol. The van der Waals surface area contributed by atoms with Gasteiger partial charge in [-0.3, -0.25) is 0 Å². The monoisotopic (exact) mass is 323 g/mol. The number of nitrogens with zero attached hydrogens (tertiary/aromatic N) is 2. The van der Waals surface area contributed by atoms with Crippen molar-refractivity contribution in [2.75, 3.05) is 18.9 Å². The molecule has 1 unspecified atom stereocenters. The Balaban J connectivity index is 2.11. The number of anilines is 1. The lowest BCUT2D eigenvalue weighted by Crippen LogP contribution is -2.16. The molecule has 2 N–H and O–H groups in total. The Labute approximate surface area is 119 Å². The van der Waals surface area contributed by atoms with Crippen LogP contribution in [0.3, 0.4) is 0 Å². The van der Waals surface area contributed by atoms with E-state index in [0.717, 1.165) is 39.8 Å². The van der Waals surface area contributed by atoms with E-state index in [9.17, 15) is 0 Å². The molecule has 0 bridgehead atoms. The van der Waals surface area contributed by atoms with Gasteiger partial charge < -0.3 is 15.2 Å². The summed E-state index contributed by atoms with van der Waals surface area (Å²) in [6, 6.07) is 3.88. The van der Waals surface area contributed by atoms with Crippen molar-refractivity contribution < 1.29 is 9.47 Å². The van der Waals surface area contributed by atoms with Gasteiger partial charge in [0.2, 0.25) is 5.95 Å². The standard InChI is InChI=1S/C13H14BrN3O2/c1-7-10-4-8(14)5-11(12(10)17-13(15)16-7)19-9-2-3-18-6-9/h4-5,9H,2-3,6H2,1H3,(H2,15,16,17). The lowest BCUT2D eigenvalue weighted by Gasteiger charge is -2.14. The summed E-state index contributed by atoms with van der Waals surface area (Å²) in [7, 11) is 0. The molecule has 6 heteroatoms. The molecule has 19 heavy (non-hydrogen) atoms. The number of aromatic nitrogens is 2. The second kappa shape index (κ2) is 4.94. The van der Waals surface area contributed by atoms with Crippen molar-refractivity contribution in [1.29, 1.82) is 0 Å². The van der Waals surface area contributed by atoms with Crippen LogP contribution in [0, 0.1) is 6.92 Å². The number of nitrogens with two attached hydrogens (primary N) is 1. The van der Waals surface area contributed by atoms with Crippen LogP contribution in [0.4, 0.5) is 5.95 Å². The van der Waals surface area contributed by atoms with E-state index in [4.69, 9.17) is 15.2 Å². The summed E-state index contributed by atoms with van der Waals surface area (Å²) in [6.07, 6.45) is 0.974. The van der Waals surface area contributed by atoms with Gasteiger partial charge in [0.15, 0.2) is 0 Å². The topological polar surface area (TPSA) is 70.3 Å². The number of hydrogen-bond donors (Lipinski definition) is 1. The van der Waals surface area contributed by atoms with E-state index in [1.807, 2.05) is 19.1 Å². The van der Waals surface area contributed by atoms with Crippen LogP contribution in [0.5, 0.6) is 5.75 Å². The molecule has 1 atom stereocenters. The molecule has 0 radical (unpaired) electrons. The summed E-state index contributed by atoms with van der Waals surface area (Å²) in [6.45, 7) is 3.27. The Morgan fingerprint density at radius 3 is 3.00 bits per heavy atom. The zero-order valence-electron chi connectivity index (χ0n) is 10.5. The molecule has 0 amide bonds. The first-order valence-electron chi connectivity index (χ1n) is 6.11. The number of rotatable bonds is 2. The summed E-state index contributed by atoms with van der Waals surface area (Å²) < 4.78 is 12.2. The van der Waals surface area contributed by atoms with E-state index >= 15 is 0 Å². The maximum Gasteiger partial charge on any atom is 0.220 e. The quantitative estimate of drug-likeness (QED) is 0.919. The number of benzene rings is 1. The molecule has 100 valence electrons. The molecule has 0 saturated carbocycles. The number of fused-ring (bicyclic) bond motifs is 1. The zero-order chi connectivity index (χ0) is 13.4. The largest absolute Gasteiger partial charge is 0.486 e. The second-order valence-electron chi connectivity index (χ2n) is 4.57. The van der Waals surface area contributed by atoms with Gasteiger partial charge in [-0.05, 0) is 19.1 Å². The maximum absolute atomic E-state index is 5.98. The van der Waals surface area contributed by atoms with E-state index in [0.29, 0.717) is 6.61 Å². The van der Waals surface area contributed by atoms with Crippen molar-refractivity contribution in [3.8, 4) is 5.75 Å². The fourth-order valence-electron chi connectivity index (χ4n) is 2.21. The number of ether oxygens (including phenoxy) is 2. The van der Waals surface area contributed by atoms with Crippen LogP contribution in [0.2, 0.25) is 0 Å². The molecule has 1 aromatic heterocycles. The van der Waals surface area contributed by atoms with E-state index in [1.54, 1.807) is 0 Å². The molecule has 1 aliphatic rings. The first-order chi connectivity index (χ1) is 9.13. The summed E-state index contributed by atoms with van der Waals surface area (Å²) in [5.41, 5.74) is 7.32. The molecule has 2 aromatic rings. The molecule has 5 nitrogen and oxygen atoms in total. The molecule has 3 rings (SSSR count). The van der Waals surface area contributed by atoms with E-state index < -0.39 is 0 Å². The van der Waals surface area contributed by atoms with E-state index in [-0.39, 0.29) is 12.1 Å². The number of aryl methyl sites for hydroxylation is 1. The second-order valence-corrected chi connectivity index (χ2v) is 5.49. The van der Waals surface area contributed by atoms with Gasteiger partial charge in [0.25, 0.3) is 0 Å². The molecule has 2 heterocycles. The van der Waals surface area contributed by atoms with Gasteiger partial charge >= 0.3 is 0 Å².